The van der Waals surface area contributed by atoms with Gasteiger partial charge in [0.2, 0.25) is 5.88 Å². The second kappa shape index (κ2) is 6.98. The van der Waals surface area contributed by atoms with Crippen LogP contribution < -0.4 is 10.5 Å². The second-order valence-corrected chi connectivity index (χ2v) is 6.84. The lowest BCUT2D eigenvalue weighted by molar-refractivity contribution is 0.233. The molecule has 6 nitrogen and oxygen atoms in total. The number of nitrogens with two attached hydrogens (primary N) is 1. The molecule has 0 atom stereocenters. The molecule has 0 aliphatic heterocycles. The monoisotopic (exact) mass is 353 g/mol. The van der Waals surface area contributed by atoms with Crippen molar-refractivity contribution in [1.29, 1.82) is 10.8 Å². The summed E-state index contributed by atoms with van der Waals surface area (Å²) in [6, 6.07) is 11.3. The molecule has 1 aromatic carbocycles. The molecule has 5 N–H and O–H groups in total. The van der Waals surface area contributed by atoms with Gasteiger partial charge in [-0.25, -0.2) is 4.98 Å². The number of ether oxygens (including phenoxy) is 1. The Morgan fingerprint density at radius 2 is 2.04 bits per heavy atom. The number of H-pyrrole nitrogens is 1. The Morgan fingerprint density at radius 1 is 1.24 bits per heavy atom. The summed E-state index contributed by atoms with van der Waals surface area (Å²) in [6.07, 6.45) is 1.96. The third-order valence-electron chi connectivity index (χ3n) is 3.51. The van der Waals surface area contributed by atoms with Gasteiger partial charge in [0.25, 0.3) is 0 Å². The van der Waals surface area contributed by atoms with Crippen molar-refractivity contribution in [3.05, 3.63) is 48.2 Å². The van der Waals surface area contributed by atoms with Crippen molar-refractivity contribution in [2.75, 3.05) is 0 Å². The van der Waals surface area contributed by atoms with Crippen LogP contribution in [0.2, 0.25) is 0 Å². The number of hydrogen-bond donors (Lipinski definition) is 4. The summed E-state index contributed by atoms with van der Waals surface area (Å²) in [4.78, 5) is 7.80. The molecule has 0 aliphatic rings. The van der Waals surface area contributed by atoms with Crippen LogP contribution in [-0.2, 0) is 0 Å². The topological polar surface area (TPSA) is 112 Å². The zero-order valence-electron chi connectivity index (χ0n) is 14.0. The van der Waals surface area contributed by atoms with Gasteiger partial charge < -0.3 is 15.5 Å². The molecular weight excluding hydrogens is 334 g/mol. The maximum absolute atomic E-state index is 8.07. The summed E-state index contributed by atoms with van der Waals surface area (Å²) < 4.78 is 5.67. The van der Waals surface area contributed by atoms with Crippen molar-refractivity contribution in [1.82, 2.24) is 9.97 Å². The summed E-state index contributed by atoms with van der Waals surface area (Å²) in [5.41, 5.74) is 8.78. The number of pyridine rings is 1. The van der Waals surface area contributed by atoms with E-state index < -0.39 is 0 Å². The van der Waals surface area contributed by atoms with Crippen LogP contribution in [-0.4, -0.2) is 26.3 Å². The van der Waals surface area contributed by atoms with Gasteiger partial charge in [0.05, 0.1) is 11.8 Å². The van der Waals surface area contributed by atoms with E-state index in [0.29, 0.717) is 11.4 Å². The first-order valence-electron chi connectivity index (χ1n) is 7.80. The predicted molar refractivity (Wildman–Crippen MR) is 104 cm³/mol. The van der Waals surface area contributed by atoms with Gasteiger partial charge in [-0.15, -0.1) is 0 Å². The molecule has 0 saturated heterocycles. The predicted octanol–water partition coefficient (Wildman–Crippen LogP) is 3.97. The molecule has 7 heteroatoms. The van der Waals surface area contributed by atoms with Crippen LogP contribution in [0, 0.1) is 10.8 Å². The molecule has 0 amide bonds. The lowest BCUT2D eigenvalue weighted by Crippen LogP contribution is -2.08. The summed E-state index contributed by atoms with van der Waals surface area (Å²) in [6.45, 7) is 3.93. The fourth-order valence-corrected chi connectivity index (χ4v) is 2.98. The first kappa shape index (κ1) is 17.0. The number of fused-ring (bicyclic) bond motifs is 1. The zero-order valence-corrected chi connectivity index (χ0v) is 14.8. The summed E-state index contributed by atoms with van der Waals surface area (Å²) in [5.74, 6) is 0.581. The van der Waals surface area contributed by atoms with Crippen LogP contribution in [0.1, 0.15) is 19.4 Å². The van der Waals surface area contributed by atoms with Crippen molar-refractivity contribution in [2.24, 2.45) is 5.73 Å². The first-order valence-corrected chi connectivity index (χ1v) is 8.61. The van der Waals surface area contributed by atoms with Gasteiger partial charge in [0.15, 0.2) is 5.17 Å². The molecule has 25 heavy (non-hydrogen) atoms. The van der Waals surface area contributed by atoms with Crippen molar-refractivity contribution >= 4 is 32.9 Å². The lowest BCUT2D eigenvalue weighted by Gasteiger charge is -2.09. The Balaban J connectivity index is 2.02. The molecule has 3 aromatic rings. The Kier molecular flexibility index (Phi) is 4.76. The van der Waals surface area contributed by atoms with Crippen LogP contribution in [0.5, 0.6) is 5.88 Å². The van der Waals surface area contributed by atoms with E-state index in [0.717, 1.165) is 33.9 Å². The van der Waals surface area contributed by atoms with Gasteiger partial charge in [-0.1, -0.05) is 12.1 Å². The fraction of sp³-hybridized carbons (Fsp3) is 0.167. The minimum Gasteiger partial charge on any atom is -0.475 e. The maximum atomic E-state index is 8.07. The van der Waals surface area contributed by atoms with Crippen LogP contribution in [0.15, 0.2) is 42.6 Å². The van der Waals surface area contributed by atoms with Gasteiger partial charge in [-0.05, 0) is 43.8 Å². The van der Waals surface area contributed by atoms with E-state index >= 15 is 0 Å². The van der Waals surface area contributed by atoms with E-state index in [1.807, 2.05) is 56.4 Å². The average Bonchev–Trinajstić information content (AvgIpc) is 2.96. The smallest absolute Gasteiger partial charge is 0.214 e. The van der Waals surface area contributed by atoms with E-state index in [2.05, 4.69) is 9.97 Å². The van der Waals surface area contributed by atoms with Crippen molar-refractivity contribution in [2.45, 2.75) is 20.0 Å². The molecule has 0 spiro atoms. The van der Waals surface area contributed by atoms with Crippen LogP contribution in [0.4, 0.5) is 0 Å². The number of nitrogens with zero attached hydrogens (tertiary/aromatic N) is 1. The number of amidine groups is 1. The van der Waals surface area contributed by atoms with E-state index in [1.54, 1.807) is 0 Å². The Labute approximate surface area is 149 Å². The van der Waals surface area contributed by atoms with Gasteiger partial charge in [0, 0.05) is 34.3 Å². The quantitative estimate of drug-likeness (QED) is 0.420. The number of benzene rings is 1. The molecule has 0 aliphatic carbocycles. The van der Waals surface area contributed by atoms with Gasteiger partial charge in [0.1, 0.15) is 5.04 Å². The molecule has 128 valence electrons. The molecule has 0 bridgehead atoms. The lowest BCUT2D eigenvalue weighted by atomic mass is 10.1. The largest absolute Gasteiger partial charge is 0.475 e. The minimum absolute atomic E-state index is 0.0569. The number of rotatable bonds is 4. The van der Waals surface area contributed by atoms with Crippen LogP contribution >= 0.6 is 11.8 Å². The minimum atomic E-state index is -0.0976. The fourth-order valence-electron chi connectivity index (χ4n) is 2.51. The van der Waals surface area contributed by atoms with Gasteiger partial charge in [-0.3, -0.25) is 10.8 Å². The number of thioether (sulfide) groups is 1. The molecule has 0 fully saturated rings. The SMILES string of the molecule is CC(C)Oc1cccc(-c2c[nH]c3ccc(C(=N)SC(=N)N)cc23)n1. The normalized spacial score (nSPS) is 11.0. The highest BCUT2D eigenvalue weighted by atomic mass is 32.2. The Bertz CT molecular complexity index is 948. The summed E-state index contributed by atoms with van der Waals surface area (Å²) in [5, 5.41) is 16.5. The maximum Gasteiger partial charge on any atom is 0.214 e. The van der Waals surface area contributed by atoms with E-state index in [4.69, 9.17) is 21.3 Å². The number of aromatic amines is 1. The first-order chi connectivity index (χ1) is 11.9. The van der Waals surface area contributed by atoms with E-state index in [-0.39, 0.29) is 16.3 Å². The highest BCUT2D eigenvalue weighted by Crippen LogP contribution is 2.30. The highest BCUT2D eigenvalue weighted by molar-refractivity contribution is 8.26. The number of hydrogen-bond acceptors (Lipinski definition) is 5. The van der Waals surface area contributed by atoms with Crippen LogP contribution in [0.3, 0.4) is 0 Å². The molecule has 3 rings (SSSR count). The van der Waals surface area contributed by atoms with E-state index in [1.165, 1.54) is 0 Å². The zero-order chi connectivity index (χ0) is 18.0. The Hall–Kier alpha value is -2.80. The molecule has 2 heterocycles. The van der Waals surface area contributed by atoms with Crippen molar-refractivity contribution < 1.29 is 4.74 Å². The van der Waals surface area contributed by atoms with Crippen LogP contribution in [0.25, 0.3) is 22.2 Å². The summed E-state index contributed by atoms with van der Waals surface area (Å²) >= 11 is 0.928. The molecule has 2 aromatic heterocycles. The third kappa shape index (κ3) is 3.83. The number of nitrogens with one attached hydrogen (secondary N) is 3. The van der Waals surface area contributed by atoms with Crippen molar-refractivity contribution in [3.8, 4) is 17.1 Å². The Morgan fingerprint density at radius 3 is 2.76 bits per heavy atom. The molecule has 0 unspecified atom stereocenters. The third-order valence-corrected chi connectivity index (χ3v) is 4.17. The highest BCUT2D eigenvalue weighted by Gasteiger charge is 2.12. The number of aromatic nitrogens is 2. The van der Waals surface area contributed by atoms with Crippen molar-refractivity contribution in [3.63, 3.8) is 0 Å². The van der Waals surface area contributed by atoms with E-state index in [9.17, 15) is 0 Å². The second-order valence-electron chi connectivity index (χ2n) is 5.79. The van der Waals surface area contributed by atoms with Gasteiger partial charge >= 0.3 is 0 Å². The standard InChI is InChI=1S/C18H19N5OS/c1-10(2)24-16-5-3-4-15(23-16)13-9-22-14-7-6-11(8-12(13)14)17(19)25-18(20)21/h3-10,19,22H,1-2H3,(H3,20,21). The molecule has 0 saturated carbocycles. The van der Waals surface area contributed by atoms with Gasteiger partial charge in [-0.2, -0.15) is 0 Å². The molecular formula is C18H19N5OS. The average molecular weight is 353 g/mol. The summed E-state index contributed by atoms with van der Waals surface area (Å²) in [7, 11) is 0. The molecule has 0 radical (unpaired) electrons.